The van der Waals surface area contributed by atoms with Gasteiger partial charge in [-0.2, -0.15) is 0 Å². The van der Waals surface area contributed by atoms with Crippen LogP contribution in [0, 0.1) is 11.8 Å². The molecular formula is C13H23NO3. The molecule has 0 radical (unpaired) electrons. The van der Waals surface area contributed by atoms with Crippen molar-refractivity contribution in [3.8, 4) is 0 Å². The second kappa shape index (κ2) is 6.62. The van der Waals surface area contributed by atoms with Crippen molar-refractivity contribution in [2.45, 2.75) is 46.0 Å². The predicted octanol–water partition coefficient (Wildman–Crippen LogP) is 2.14. The highest BCUT2D eigenvalue weighted by Gasteiger charge is 2.27. The van der Waals surface area contributed by atoms with Crippen molar-refractivity contribution in [2.75, 3.05) is 13.1 Å². The summed E-state index contributed by atoms with van der Waals surface area (Å²) in [6.45, 7) is 5.84. The monoisotopic (exact) mass is 241 g/mol. The molecule has 0 spiro atoms. The Morgan fingerprint density at radius 3 is 2.29 bits per heavy atom. The molecule has 1 amide bonds. The third kappa shape index (κ3) is 4.75. The summed E-state index contributed by atoms with van der Waals surface area (Å²) in [5.74, 6) is -0.324. The zero-order valence-corrected chi connectivity index (χ0v) is 10.8. The van der Waals surface area contributed by atoms with Gasteiger partial charge in [0.15, 0.2) is 0 Å². The number of hydrogen-bond donors (Lipinski definition) is 1. The lowest BCUT2D eigenvalue weighted by Crippen LogP contribution is -2.34. The molecule has 1 heterocycles. The molecule has 0 aromatic carbocycles. The molecular weight excluding hydrogens is 218 g/mol. The maximum absolute atomic E-state index is 12.2. The summed E-state index contributed by atoms with van der Waals surface area (Å²) in [6, 6.07) is 0. The molecule has 1 rings (SSSR count). The predicted molar refractivity (Wildman–Crippen MR) is 65.6 cm³/mol. The van der Waals surface area contributed by atoms with E-state index in [0.717, 1.165) is 32.4 Å². The van der Waals surface area contributed by atoms with Crippen molar-refractivity contribution in [3.63, 3.8) is 0 Å². The van der Waals surface area contributed by atoms with E-state index >= 15 is 0 Å². The Morgan fingerprint density at radius 2 is 1.82 bits per heavy atom. The van der Waals surface area contributed by atoms with E-state index in [0.29, 0.717) is 12.3 Å². The zero-order valence-electron chi connectivity index (χ0n) is 10.8. The number of carbonyl (C=O) groups is 2. The molecule has 4 heteroatoms. The van der Waals surface area contributed by atoms with Crippen LogP contribution in [0.2, 0.25) is 0 Å². The summed E-state index contributed by atoms with van der Waals surface area (Å²) >= 11 is 0. The number of hydrogen-bond acceptors (Lipinski definition) is 2. The van der Waals surface area contributed by atoms with E-state index in [2.05, 4.69) is 13.8 Å². The van der Waals surface area contributed by atoms with Gasteiger partial charge in [0.2, 0.25) is 5.91 Å². The lowest BCUT2D eigenvalue weighted by atomic mass is 9.91. The second-order valence-electron chi connectivity index (χ2n) is 5.29. The first-order valence-corrected chi connectivity index (χ1v) is 6.51. The highest BCUT2D eigenvalue weighted by Crippen LogP contribution is 2.22. The van der Waals surface area contributed by atoms with Gasteiger partial charge in [-0.1, -0.05) is 13.8 Å². The van der Waals surface area contributed by atoms with E-state index in [9.17, 15) is 9.59 Å². The molecule has 0 aromatic rings. The minimum absolute atomic E-state index is 0.0942. The van der Waals surface area contributed by atoms with Gasteiger partial charge in [0.25, 0.3) is 0 Å². The van der Waals surface area contributed by atoms with Crippen LogP contribution < -0.4 is 0 Å². The minimum Gasteiger partial charge on any atom is -0.481 e. The lowest BCUT2D eigenvalue weighted by molar-refractivity contribution is -0.138. The van der Waals surface area contributed by atoms with Crippen LogP contribution >= 0.6 is 0 Å². The minimum atomic E-state index is -0.812. The summed E-state index contributed by atoms with van der Waals surface area (Å²) in [5, 5.41) is 8.72. The maximum atomic E-state index is 12.2. The second-order valence-corrected chi connectivity index (χ2v) is 5.29. The van der Waals surface area contributed by atoms with Crippen molar-refractivity contribution in [2.24, 2.45) is 11.8 Å². The van der Waals surface area contributed by atoms with Crippen molar-refractivity contribution < 1.29 is 14.7 Å². The zero-order chi connectivity index (χ0) is 12.8. The summed E-state index contributed by atoms with van der Waals surface area (Å²) in [4.78, 5) is 24.7. The summed E-state index contributed by atoms with van der Waals surface area (Å²) < 4.78 is 0. The molecule has 1 atom stereocenters. The Kier molecular flexibility index (Phi) is 5.45. The first-order valence-electron chi connectivity index (χ1n) is 6.51. The number of amides is 1. The van der Waals surface area contributed by atoms with Crippen LogP contribution in [0.5, 0.6) is 0 Å². The van der Waals surface area contributed by atoms with Gasteiger partial charge < -0.3 is 10.0 Å². The number of nitrogens with zero attached hydrogens (tertiary/aromatic N) is 1. The average Bonchev–Trinajstić information content (AvgIpc) is 2.75. The van der Waals surface area contributed by atoms with Crippen LogP contribution in [0.4, 0.5) is 0 Å². The van der Waals surface area contributed by atoms with Crippen molar-refractivity contribution in [1.29, 1.82) is 0 Å². The Bertz CT molecular complexity index is 270. The Morgan fingerprint density at radius 1 is 1.24 bits per heavy atom. The molecule has 0 bridgehead atoms. The van der Waals surface area contributed by atoms with Crippen LogP contribution in [0.3, 0.4) is 0 Å². The number of carboxylic acids is 1. The van der Waals surface area contributed by atoms with Gasteiger partial charge in [-0.3, -0.25) is 9.59 Å². The molecule has 98 valence electrons. The first-order chi connectivity index (χ1) is 8.00. The van der Waals surface area contributed by atoms with Gasteiger partial charge in [0.1, 0.15) is 0 Å². The summed E-state index contributed by atoms with van der Waals surface area (Å²) in [6.07, 6.45) is 3.53. The summed E-state index contributed by atoms with van der Waals surface area (Å²) in [5.41, 5.74) is 0. The number of carboxylic acid groups (broad SMARTS) is 1. The van der Waals surface area contributed by atoms with Crippen LogP contribution in [-0.2, 0) is 9.59 Å². The van der Waals surface area contributed by atoms with Crippen LogP contribution in [-0.4, -0.2) is 35.0 Å². The fourth-order valence-electron chi connectivity index (χ4n) is 2.40. The smallest absolute Gasteiger partial charge is 0.303 e. The molecule has 17 heavy (non-hydrogen) atoms. The molecule has 1 aliphatic rings. The Hall–Kier alpha value is -1.06. The van der Waals surface area contributed by atoms with Crippen LogP contribution in [0.1, 0.15) is 46.0 Å². The fraction of sp³-hybridized carbons (Fsp3) is 0.846. The van der Waals surface area contributed by atoms with Gasteiger partial charge in [0.05, 0.1) is 0 Å². The van der Waals surface area contributed by atoms with Crippen LogP contribution in [0.25, 0.3) is 0 Å². The Balaban J connectivity index is 2.53. The standard InChI is InChI=1S/C13H23NO3/c1-10(2)9-11(5-6-12(15)16)13(17)14-7-3-4-8-14/h10-11H,3-9H2,1-2H3,(H,15,16). The van der Waals surface area contributed by atoms with Crippen molar-refractivity contribution in [1.82, 2.24) is 4.90 Å². The van der Waals surface area contributed by atoms with E-state index in [1.54, 1.807) is 0 Å². The lowest BCUT2D eigenvalue weighted by Gasteiger charge is -2.24. The van der Waals surface area contributed by atoms with Gasteiger partial charge in [-0.25, -0.2) is 0 Å². The highest BCUT2D eigenvalue weighted by molar-refractivity contribution is 5.79. The van der Waals surface area contributed by atoms with Crippen molar-refractivity contribution in [3.05, 3.63) is 0 Å². The maximum Gasteiger partial charge on any atom is 0.303 e. The number of rotatable bonds is 6. The molecule has 1 unspecified atom stereocenters. The quantitative estimate of drug-likeness (QED) is 0.775. The highest BCUT2D eigenvalue weighted by atomic mass is 16.4. The van der Waals surface area contributed by atoms with E-state index in [1.807, 2.05) is 4.90 Å². The van der Waals surface area contributed by atoms with Crippen molar-refractivity contribution >= 4 is 11.9 Å². The first kappa shape index (κ1) is 14.0. The topological polar surface area (TPSA) is 57.6 Å². The molecule has 1 aliphatic heterocycles. The number of aliphatic carboxylic acids is 1. The molecule has 1 N–H and O–H groups in total. The fourth-order valence-corrected chi connectivity index (χ4v) is 2.40. The molecule has 0 aliphatic carbocycles. The molecule has 0 aromatic heterocycles. The average molecular weight is 241 g/mol. The molecule has 4 nitrogen and oxygen atoms in total. The van der Waals surface area contributed by atoms with Gasteiger partial charge >= 0.3 is 5.97 Å². The van der Waals surface area contributed by atoms with Gasteiger partial charge in [0, 0.05) is 25.4 Å². The van der Waals surface area contributed by atoms with Gasteiger partial charge in [-0.05, 0) is 31.6 Å². The Labute approximate surface area is 103 Å². The third-order valence-electron chi connectivity index (χ3n) is 3.23. The molecule has 1 fully saturated rings. The van der Waals surface area contributed by atoms with E-state index in [4.69, 9.17) is 5.11 Å². The van der Waals surface area contributed by atoms with E-state index < -0.39 is 5.97 Å². The number of likely N-dealkylation sites (tertiary alicyclic amines) is 1. The molecule has 1 saturated heterocycles. The van der Waals surface area contributed by atoms with E-state index in [1.165, 1.54) is 0 Å². The third-order valence-corrected chi connectivity index (χ3v) is 3.23. The SMILES string of the molecule is CC(C)CC(CCC(=O)O)C(=O)N1CCCC1. The van der Waals surface area contributed by atoms with E-state index in [-0.39, 0.29) is 18.2 Å². The van der Waals surface area contributed by atoms with Gasteiger partial charge in [-0.15, -0.1) is 0 Å². The largest absolute Gasteiger partial charge is 0.481 e. The number of carbonyl (C=O) groups excluding carboxylic acids is 1. The normalized spacial score (nSPS) is 17.5. The molecule has 0 saturated carbocycles. The van der Waals surface area contributed by atoms with Crippen LogP contribution in [0.15, 0.2) is 0 Å². The summed E-state index contributed by atoms with van der Waals surface area (Å²) in [7, 11) is 0.